The number of nitrogens with one attached hydrogen (secondary N) is 1. The molecule has 1 aromatic heterocycles. The van der Waals surface area contributed by atoms with Crippen molar-refractivity contribution in [2.24, 2.45) is 5.92 Å². The number of piperidine rings is 1. The number of rotatable bonds is 4. The van der Waals surface area contributed by atoms with Crippen LogP contribution < -0.4 is 10.1 Å². The van der Waals surface area contributed by atoms with Crippen LogP contribution in [0.2, 0.25) is 0 Å². The average Bonchev–Trinajstić information content (AvgIpc) is 2.68. The maximum absolute atomic E-state index is 13.1. The number of ether oxygens (including phenoxy) is 1. The van der Waals surface area contributed by atoms with Gasteiger partial charge in [-0.2, -0.15) is 13.2 Å². The van der Waals surface area contributed by atoms with Gasteiger partial charge < -0.3 is 15.0 Å². The highest BCUT2D eigenvalue weighted by Gasteiger charge is 2.43. The summed E-state index contributed by atoms with van der Waals surface area (Å²) < 4.78 is 44.4. The number of aromatic nitrogens is 1. The van der Waals surface area contributed by atoms with Crippen molar-refractivity contribution in [3.05, 3.63) is 48.2 Å². The minimum atomic E-state index is -4.30. The molecule has 0 aliphatic carbocycles. The van der Waals surface area contributed by atoms with E-state index in [1.54, 1.807) is 36.4 Å². The lowest BCUT2D eigenvalue weighted by molar-refractivity contribution is -0.184. The summed E-state index contributed by atoms with van der Waals surface area (Å²) in [6.45, 7) is -0.0280. The van der Waals surface area contributed by atoms with Gasteiger partial charge in [-0.05, 0) is 37.1 Å². The van der Waals surface area contributed by atoms with Crippen LogP contribution in [-0.2, 0) is 0 Å². The molecule has 8 heteroatoms. The fourth-order valence-corrected chi connectivity index (χ4v) is 3.15. The maximum atomic E-state index is 13.1. The number of carbonyl (C=O) groups is 1. The second-order valence-corrected chi connectivity index (χ2v) is 6.36. The fourth-order valence-electron chi connectivity index (χ4n) is 3.15. The van der Waals surface area contributed by atoms with Crippen molar-refractivity contribution >= 4 is 17.4 Å². The van der Waals surface area contributed by atoms with Crippen LogP contribution in [0.1, 0.15) is 23.2 Å². The van der Waals surface area contributed by atoms with Crippen LogP contribution in [0.5, 0.6) is 5.75 Å². The van der Waals surface area contributed by atoms with Crippen molar-refractivity contribution in [3.63, 3.8) is 0 Å². The molecule has 1 N–H and O–H groups in total. The molecule has 0 saturated carbocycles. The lowest BCUT2D eigenvalue weighted by Crippen LogP contribution is -2.44. The fraction of sp³-hybridized carbons (Fsp3) is 0.368. The number of carbonyl (C=O) groups excluding carboxylic acids is 1. The Morgan fingerprint density at radius 2 is 2.04 bits per heavy atom. The molecule has 2 heterocycles. The minimum Gasteiger partial charge on any atom is -0.495 e. The lowest BCUT2D eigenvalue weighted by atomic mass is 9.97. The molecule has 0 unspecified atom stereocenters. The number of likely N-dealkylation sites (tertiary alicyclic amines) is 1. The smallest absolute Gasteiger partial charge is 0.393 e. The first-order chi connectivity index (χ1) is 12.9. The van der Waals surface area contributed by atoms with Crippen LogP contribution in [0.25, 0.3) is 0 Å². The molecular weight excluding hydrogens is 359 g/mol. The molecule has 0 radical (unpaired) electrons. The van der Waals surface area contributed by atoms with Gasteiger partial charge in [-0.25, -0.2) is 4.98 Å². The molecule has 144 valence electrons. The zero-order valence-electron chi connectivity index (χ0n) is 14.8. The zero-order valence-corrected chi connectivity index (χ0v) is 14.8. The standard InChI is InChI=1S/C19H20F3N3O2/c1-27-16-9-3-2-8-15(16)24-17-14(7-4-10-23-17)18(26)25-11-5-6-13(12-25)19(20,21)22/h2-4,7-10,13H,5-6,11-12H2,1H3,(H,23,24)/t13-/m1/s1. The Kier molecular flexibility index (Phi) is 5.53. The average molecular weight is 379 g/mol. The van der Waals surface area contributed by atoms with Gasteiger partial charge in [0.05, 0.1) is 24.3 Å². The second kappa shape index (κ2) is 7.85. The van der Waals surface area contributed by atoms with Gasteiger partial charge in [0.15, 0.2) is 0 Å². The first kappa shape index (κ1) is 19.0. The SMILES string of the molecule is COc1ccccc1Nc1ncccc1C(=O)N1CCC[C@@H](C(F)(F)F)C1. The highest BCUT2D eigenvalue weighted by molar-refractivity contribution is 5.99. The van der Waals surface area contributed by atoms with E-state index in [9.17, 15) is 18.0 Å². The number of pyridine rings is 1. The van der Waals surface area contributed by atoms with E-state index in [1.165, 1.54) is 18.2 Å². The minimum absolute atomic E-state index is 0.0483. The van der Waals surface area contributed by atoms with E-state index in [-0.39, 0.29) is 24.3 Å². The van der Waals surface area contributed by atoms with Gasteiger partial charge in [0, 0.05) is 19.3 Å². The van der Waals surface area contributed by atoms with Crippen molar-refractivity contribution in [3.8, 4) is 5.75 Å². The Morgan fingerprint density at radius 1 is 1.26 bits per heavy atom. The van der Waals surface area contributed by atoms with Crippen molar-refractivity contribution in [1.82, 2.24) is 9.88 Å². The van der Waals surface area contributed by atoms with Crippen molar-refractivity contribution in [2.45, 2.75) is 19.0 Å². The molecule has 1 atom stereocenters. The predicted molar refractivity (Wildman–Crippen MR) is 95.2 cm³/mol. The van der Waals surface area contributed by atoms with Crippen LogP contribution in [0.15, 0.2) is 42.6 Å². The maximum Gasteiger partial charge on any atom is 0.393 e. The number of halogens is 3. The molecule has 1 amide bonds. The summed E-state index contributed by atoms with van der Waals surface area (Å²) >= 11 is 0. The van der Waals surface area contributed by atoms with Gasteiger partial charge in [0.1, 0.15) is 11.6 Å². The normalized spacial score (nSPS) is 17.5. The molecule has 2 aromatic rings. The molecule has 1 aliphatic rings. The molecular formula is C19H20F3N3O2. The highest BCUT2D eigenvalue weighted by atomic mass is 19.4. The molecule has 1 saturated heterocycles. The Morgan fingerprint density at radius 3 is 2.78 bits per heavy atom. The number of anilines is 2. The van der Waals surface area contributed by atoms with E-state index in [1.807, 2.05) is 0 Å². The summed E-state index contributed by atoms with van der Waals surface area (Å²) in [6, 6.07) is 10.3. The summed E-state index contributed by atoms with van der Waals surface area (Å²) in [7, 11) is 1.52. The first-order valence-electron chi connectivity index (χ1n) is 8.61. The largest absolute Gasteiger partial charge is 0.495 e. The molecule has 27 heavy (non-hydrogen) atoms. The van der Waals surface area contributed by atoms with E-state index in [4.69, 9.17) is 4.74 Å². The van der Waals surface area contributed by atoms with Gasteiger partial charge in [-0.15, -0.1) is 0 Å². The summed E-state index contributed by atoms with van der Waals surface area (Å²) in [5.41, 5.74) is 0.839. The number of benzene rings is 1. The molecule has 3 rings (SSSR count). The summed E-state index contributed by atoms with van der Waals surface area (Å²) in [5.74, 6) is -1.11. The molecule has 5 nitrogen and oxygen atoms in total. The van der Waals surface area contributed by atoms with Gasteiger partial charge in [0.25, 0.3) is 5.91 Å². The second-order valence-electron chi connectivity index (χ2n) is 6.36. The van der Waals surface area contributed by atoms with Crippen molar-refractivity contribution < 1.29 is 22.7 Å². The molecule has 1 aromatic carbocycles. The summed E-state index contributed by atoms with van der Waals surface area (Å²) in [5, 5.41) is 3.05. The zero-order chi connectivity index (χ0) is 19.4. The third-order valence-electron chi connectivity index (χ3n) is 4.57. The highest BCUT2D eigenvalue weighted by Crippen LogP contribution is 2.34. The van der Waals surface area contributed by atoms with Crippen LogP contribution in [0.4, 0.5) is 24.7 Å². The monoisotopic (exact) mass is 379 g/mol. The van der Waals surface area contributed by atoms with E-state index >= 15 is 0 Å². The Hall–Kier alpha value is -2.77. The third-order valence-corrected chi connectivity index (χ3v) is 4.57. The van der Waals surface area contributed by atoms with Crippen LogP contribution in [-0.4, -0.2) is 42.2 Å². The van der Waals surface area contributed by atoms with Crippen LogP contribution >= 0.6 is 0 Å². The van der Waals surface area contributed by atoms with Gasteiger partial charge in [0.2, 0.25) is 0 Å². The molecule has 0 bridgehead atoms. The number of amides is 1. The third kappa shape index (κ3) is 4.32. The molecule has 1 aliphatic heterocycles. The molecule has 0 spiro atoms. The topological polar surface area (TPSA) is 54.5 Å². The summed E-state index contributed by atoms with van der Waals surface area (Å²) in [6.07, 6.45) is -2.41. The number of methoxy groups -OCH3 is 1. The van der Waals surface area contributed by atoms with Crippen LogP contribution in [0, 0.1) is 5.92 Å². The van der Waals surface area contributed by atoms with Gasteiger partial charge >= 0.3 is 6.18 Å². The Labute approximate surface area is 155 Å². The van der Waals surface area contributed by atoms with E-state index < -0.39 is 18.0 Å². The number of hydrogen-bond donors (Lipinski definition) is 1. The number of nitrogens with zero attached hydrogens (tertiary/aromatic N) is 2. The first-order valence-corrected chi connectivity index (χ1v) is 8.61. The van der Waals surface area contributed by atoms with E-state index in [0.29, 0.717) is 24.4 Å². The predicted octanol–water partition coefficient (Wildman–Crippen LogP) is 4.25. The van der Waals surface area contributed by atoms with Gasteiger partial charge in [-0.1, -0.05) is 12.1 Å². The van der Waals surface area contributed by atoms with Crippen LogP contribution in [0.3, 0.4) is 0 Å². The lowest BCUT2D eigenvalue weighted by Gasteiger charge is -2.34. The van der Waals surface area contributed by atoms with Crippen molar-refractivity contribution in [2.75, 3.05) is 25.5 Å². The van der Waals surface area contributed by atoms with Crippen molar-refractivity contribution in [1.29, 1.82) is 0 Å². The summed E-state index contributed by atoms with van der Waals surface area (Å²) in [4.78, 5) is 18.3. The number of hydrogen-bond acceptors (Lipinski definition) is 4. The van der Waals surface area contributed by atoms with E-state index in [0.717, 1.165) is 0 Å². The molecule has 1 fully saturated rings. The Bertz CT molecular complexity index is 811. The Balaban J connectivity index is 1.84. The number of alkyl halides is 3. The number of para-hydroxylation sites is 2. The van der Waals surface area contributed by atoms with Gasteiger partial charge in [-0.3, -0.25) is 4.79 Å². The van der Waals surface area contributed by atoms with E-state index in [2.05, 4.69) is 10.3 Å². The quantitative estimate of drug-likeness (QED) is 0.863.